The van der Waals surface area contributed by atoms with Gasteiger partial charge in [0.2, 0.25) is 0 Å². The summed E-state index contributed by atoms with van der Waals surface area (Å²) in [6, 6.07) is 0. The molecule has 0 amide bonds. The van der Waals surface area contributed by atoms with Crippen LogP contribution in [0.3, 0.4) is 0 Å². The van der Waals surface area contributed by atoms with Gasteiger partial charge in [-0.05, 0) is 93.6 Å². The summed E-state index contributed by atoms with van der Waals surface area (Å²) in [4.78, 5) is 25.4. The van der Waals surface area contributed by atoms with Gasteiger partial charge >= 0.3 is 0 Å². The number of Topliss-reactive ketones (excluding diaryl/α,β-unsaturated/α-hetero) is 1. The van der Waals surface area contributed by atoms with Gasteiger partial charge in [-0.2, -0.15) is 0 Å². The van der Waals surface area contributed by atoms with Crippen LogP contribution in [0, 0.1) is 34.5 Å². The largest absolute Gasteiger partial charge is 0.393 e. The summed E-state index contributed by atoms with van der Waals surface area (Å²) in [5.41, 5.74) is -2.15. The normalized spacial score (nSPS) is 45.1. The molecule has 33 heavy (non-hydrogen) atoms. The maximum absolute atomic E-state index is 13.2. The summed E-state index contributed by atoms with van der Waals surface area (Å²) in [6.45, 7) is 9.67. The van der Waals surface area contributed by atoms with Crippen molar-refractivity contribution in [3.05, 3.63) is 11.6 Å². The predicted octanol–water partition coefficient (Wildman–Crippen LogP) is 2.95. The first-order chi connectivity index (χ1) is 15.1. The van der Waals surface area contributed by atoms with Gasteiger partial charge in [-0.15, -0.1) is 0 Å². The maximum atomic E-state index is 13.2. The number of hydrogen-bond donors (Lipinski definition) is 4. The zero-order valence-electron chi connectivity index (χ0n) is 20.8. The molecule has 4 rings (SSSR count). The topological polar surface area (TPSA) is 115 Å². The molecule has 0 radical (unpaired) electrons. The van der Waals surface area contributed by atoms with Crippen LogP contribution in [-0.2, 0) is 9.59 Å². The first-order valence-electron chi connectivity index (χ1n) is 12.7. The Morgan fingerprint density at radius 3 is 2.45 bits per heavy atom. The second-order valence-corrected chi connectivity index (χ2v) is 12.7. The third-order valence-electron chi connectivity index (χ3n) is 10.3. The number of allylic oxidation sites excluding steroid dienone is 1. The van der Waals surface area contributed by atoms with E-state index in [9.17, 15) is 30.0 Å². The molecule has 6 heteroatoms. The Labute approximate surface area is 197 Å². The van der Waals surface area contributed by atoms with Gasteiger partial charge in [0.1, 0.15) is 6.10 Å². The average Bonchev–Trinajstić information content (AvgIpc) is 2.99. The third kappa shape index (κ3) is 3.76. The first-order valence-corrected chi connectivity index (χ1v) is 12.7. The number of carbonyl (C=O) groups is 2. The molecule has 0 heterocycles. The molecule has 3 fully saturated rings. The fourth-order valence-electron chi connectivity index (χ4n) is 8.12. The number of carbonyl (C=O) groups excluding carboxylic acids is 2. The summed E-state index contributed by atoms with van der Waals surface area (Å²) in [7, 11) is 0. The Balaban J connectivity index is 1.63. The lowest BCUT2D eigenvalue weighted by molar-refractivity contribution is -0.154. The van der Waals surface area contributed by atoms with Crippen LogP contribution in [0.1, 0.15) is 86.0 Å². The highest BCUT2D eigenvalue weighted by Crippen LogP contribution is 2.68. The fourth-order valence-corrected chi connectivity index (χ4v) is 8.12. The van der Waals surface area contributed by atoms with Crippen LogP contribution >= 0.6 is 0 Å². The van der Waals surface area contributed by atoms with Gasteiger partial charge in [0.15, 0.2) is 11.6 Å². The van der Waals surface area contributed by atoms with E-state index in [2.05, 4.69) is 6.92 Å². The molecule has 3 saturated carbocycles. The second-order valence-electron chi connectivity index (χ2n) is 12.7. The molecule has 1 unspecified atom stereocenters. The van der Waals surface area contributed by atoms with Crippen molar-refractivity contribution < 1.29 is 30.0 Å². The van der Waals surface area contributed by atoms with Gasteiger partial charge in [-0.25, -0.2) is 0 Å². The van der Waals surface area contributed by atoms with Crippen molar-refractivity contribution in [2.45, 2.75) is 109 Å². The highest BCUT2D eigenvalue weighted by Gasteiger charge is 2.67. The molecule has 0 aliphatic heterocycles. The van der Waals surface area contributed by atoms with E-state index in [1.165, 1.54) is 0 Å². The van der Waals surface area contributed by atoms with E-state index >= 15 is 0 Å². The lowest BCUT2D eigenvalue weighted by atomic mass is 9.46. The van der Waals surface area contributed by atoms with Gasteiger partial charge in [0, 0.05) is 17.8 Å². The Bertz CT molecular complexity index is 857. The molecular weight excluding hydrogens is 420 g/mol. The highest BCUT2D eigenvalue weighted by atomic mass is 16.3. The maximum Gasteiger partial charge on any atom is 0.162 e. The van der Waals surface area contributed by atoms with Crippen LogP contribution in [0.5, 0.6) is 0 Å². The van der Waals surface area contributed by atoms with Gasteiger partial charge in [0.25, 0.3) is 0 Å². The summed E-state index contributed by atoms with van der Waals surface area (Å²) in [5.74, 6) is -0.745. The molecule has 4 aliphatic rings. The Hall–Kier alpha value is -1.08. The van der Waals surface area contributed by atoms with Gasteiger partial charge in [-0.1, -0.05) is 20.8 Å². The first kappa shape index (κ1) is 25.0. The summed E-state index contributed by atoms with van der Waals surface area (Å²) < 4.78 is 0. The highest BCUT2D eigenvalue weighted by molar-refractivity contribution is 5.99. The number of aliphatic hydroxyl groups is 4. The zero-order valence-corrected chi connectivity index (χ0v) is 20.8. The third-order valence-corrected chi connectivity index (χ3v) is 10.3. The van der Waals surface area contributed by atoms with Crippen LogP contribution in [-0.4, -0.2) is 55.4 Å². The summed E-state index contributed by atoms with van der Waals surface area (Å²) in [6.07, 6.45) is 4.30. The summed E-state index contributed by atoms with van der Waals surface area (Å²) >= 11 is 0. The van der Waals surface area contributed by atoms with Crippen molar-refractivity contribution in [2.24, 2.45) is 34.5 Å². The minimum Gasteiger partial charge on any atom is -0.393 e. The van der Waals surface area contributed by atoms with E-state index in [1.54, 1.807) is 19.9 Å². The number of ketones is 2. The van der Waals surface area contributed by atoms with Crippen molar-refractivity contribution >= 4 is 11.6 Å². The Kier molecular flexibility index (Phi) is 6.05. The lowest BCUT2D eigenvalue weighted by Gasteiger charge is -2.59. The number of fused-ring (bicyclic) bond motifs is 5. The van der Waals surface area contributed by atoms with E-state index in [4.69, 9.17) is 0 Å². The fraction of sp³-hybridized carbons (Fsp3) is 0.852. The SMILES string of the molecule is C[C@H]([C@H](O)CCC(C)(C)O)[C@H]1CC[C@@]2(O)C3=CC(=O)[C@@H]4CC(=O)[C@@H](O)C[C@]4(C)C3CC[C@]12C. The number of hydrogen-bond acceptors (Lipinski definition) is 6. The standard InChI is InChI=1S/C27H42O6/c1-15(20(28)8-9-24(2,3)32)16-7-11-27(33)18-12-21(29)19-13-22(30)23(31)14-25(19,4)17(18)6-10-26(16,27)5/h12,15-17,19-20,23,28,31-33H,6-11,13-14H2,1-5H3/t15-,16+,17?,19-,20+,23-,25+,26+,27+/m0/s1. The van der Waals surface area contributed by atoms with E-state index in [0.29, 0.717) is 19.3 Å². The molecule has 4 aliphatic carbocycles. The Morgan fingerprint density at radius 2 is 1.82 bits per heavy atom. The molecule has 9 atom stereocenters. The molecule has 0 saturated heterocycles. The van der Waals surface area contributed by atoms with Crippen LogP contribution < -0.4 is 0 Å². The van der Waals surface area contributed by atoms with Crippen LogP contribution in [0.2, 0.25) is 0 Å². The lowest BCUT2D eigenvalue weighted by Crippen LogP contribution is -2.60. The molecule has 186 valence electrons. The quantitative estimate of drug-likeness (QED) is 0.499. The average molecular weight is 463 g/mol. The van der Waals surface area contributed by atoms with Gasteiger partial charge in [0.05, 0.1) is 17.3 Å². The van der Waals surface area contributed by atoms with Gasteiger partial charge < -0.3 is 20.4 Å². The Morgan fingerprint density at radius 1 is 1.15 bits per heavy atom. The number of rotatable bonds is 5. The van der Waals surface area contributed by atoms with Crippen molar-refractivity contribution in [3.63, 3.8) is 0 Å². The van der Waals surface area contributed by atoms with E-state index in [0.717, 1.165) is 24.8 Å². The zero-order chi connectivity index (χ0) is 24.6. The van der Waals surface area contributed by atoms with Crippen molar-refractivity contribution in [1.82, 2.24) is 0 Å². The molecule has 6 nitrogen and oxygen atoms in total. The molecule has 0 spiro atoms. The minimum atomic E-state index is -1.12. The van der Waals surface area contributed by atoms with Crippen LogP contribution in [0.25, 0.3) is 0 Å². The molecule has 0 aromatic rings. The molecule has 4 N–H and O–H groups in total. The monoisotopic (exact) mass is 462 g/mol. The van der Waals surface area contributed by atoms with Crippen LogP contribution in [0.15, 0.2) is 11.6 Å². The predicted molar refractivity (Wildman–Crippen MR) is 124 cm³/mol. The van der Waals surface area contributed by atoms with Crippen molar-refractivity contribution in [3.8, 4) is 0 Å². The second kappa shape index (κ2) is 7.97. The van der Waals surface area contributed by atoms with Gasteiger partial charge in [-0.3, -0.25) is 9.59 Å². The number of aliphatic hydroxyl groups excluding tert-OH is 2. The molecule has 0 aromatic carbocycles. The van der Waals surface area contributed by atoms with E-state index in [-0.39, 0.29) is 42.2 Å². The van der Waals surface area contributed by atoms with Crippen molar-refractivity contribution in [2.75, 3.05) is 0 Å². The van der Waals surface area contributed by atoms with E-state index < -0.39 is 40.2 Å². The molecular formula is C27H42O6. The molecule has 0 bridgehead atoms. The minimum absolute atomic E-state index is 0.0322. The van der Waals surface area contributed by atoms with Crippen molar-refractivity contribution in [1.29, 1.82) is 0 Å². The molecule has 0 aromatic heterocycles. The van der Waals surface area contributed by atoms with E-state index in [1.807, 2.05) is 13.8 Å². The van der Waals surface area contributed by atoms with Crippen LogP contribution in [0.4, 0.5) is 0 Å². The summed E-state index contributed by atoms with van der Waals surface area (Å²) in [5, 5.41) is 43.6. The smallest absolute Gasteiger partial charge is 0.162 e.